The summed E-state index contributed by atoms with van der Waals surface area (Å²) in [7, 11) is 0. The van der Waals surface area contributed by atoms with Gasteiger partial charge in [-0.15, -0.1) is 11.8 Å². The molecule has 0 N–H and O–H groups in total. The van der Waals surface area contributed by atoms with Gasteiger partial charge in [-0.3, -0.25) is 19.3 Å². The van der Waals surface area contributed by atoms with E-state index in [1.54, 1.807) is 0 Å². The Morgan fingerprint density at radius 3 is 1.88 bits per heavy atom. The van der Waals surface area contributed by atoms with Crippen molar-refractivity contribution in [2.75, 3.05) is 31.9 Å². The molecule has 1 aliphatic heterocycles. The largest absolute Gasteiger partial charge is 0.336 e. The SMILES string of the molecule is Cc1cccc(C(=O)N2CCN(C[C@H](CSC(c3ccccc3)(c3ccccc3)c3ccccc3)N(C=O)OC(C)(C)C)[C@@H](C)C2)c1C. The third-order valence-electron chi connectivity index (χ3n) is 9.21. The predicted molar refractivity (Wildman–Crippen MR) is 197 cm³/mol. The summed E-state index contributed by atoms with van der Waals surface area (Å²) >= 11 is 1.83. The van der Waals surface area contributed by atoms with Gasteiger partial charge >= 0.3 is 0 Å². The molecule has 4 aromatic rings. The number of carbonyl (C=O) groups is 2. The smallest absolute Gasteiger partial charge is 0.254 e. The highest BCUT2D eigenvalue weighted by Crippen LogP contribution is 2.49. The number of carbonyl (C=O) groups excluding carboxylic acids is 2. The van der Waals surface area contributed by atoms with Crippen molar-refractivity contribution in [1.29, 1.82) is 0 Å². The Labute approximate surface area is 291 Å². The summed E-state index contributed by atoms with van der Waals surface area (Å²) in [6.07, 6.45) is 0.830. The van der Waals surface area contributed by atoms with Crippen molar-refractivity contribution in [3.05, 3.63) is 143 Å². The molecule has 4 aromatic carbocycles. The van der Waals surface area contributed by atoms with Crippen LogP contribution < -0.4 is 0 Å². The van der Waals surface area contributed by atoms with E-state index >= 15 is 0 Å². The lowest BCUT2D eigenvalue weighted by molar-refractivity contribution is -0.231. The zero-order chi connectivity index (χ0) is 34.3. The minimum absolute atomic E-state index is 0.0822. The monoisotopic (exact) mass is 663 g/mol. The lowest BCUT2D eigenvalue weighted by Crippen LogP contribution is -2.57. The van der Waals surface area contributed by atoms with E-state index in [0.717, 1.165) is 23.1 Å². The number of aryl methyl sites for hydroxylation is 1. The zero-order valence-electron chi connectivity index (χ0n) is 29.1. The van der Waals surface area contributed by atoms with Crippen LogP contribution in [0.25, 0.3) is 0 Å². The zero-order valence-corrected chi connectivity index (χ0v) is 30.0. The Balaban J connectivity index is 1.45. The number of nitrogens with zero attached hydrogens (tertiary/aromatic N) is 3. The summed E-state index contributed by atoms with van der Waals surface area (Å²) < 4.78 is -0.527. The average molecular weight is 664 g/mol. The minimum Gasteiger partial charge on any atom is -0.336 e. The summed E-state index contributed by atoms with van der Waals surface area (Å²) in [6.45, 7) is 14.7. The highest BCUT2D eigenvalue weighted by molar-refractivity contribution is 8.00. The van der Waals surface area contributed by atoms with Gasteiger partial charge in [0.05, 0.1) is 16.4 Å². The number of piperazine rings is 1. The summed E-state index contributed by atoms with van der Waals surface area (Å²) in [6, 6.07) is 37.6. The van der Waals surface area contributed by atoms with Gasteiger partial charge in [0, 0.05) is 43.5 Å². The molecule has 1 aliphatic rings. The topological polar surface area (TPSA) is 53.1 Å². The van der Waals surface area contributed by atoms with Crippen LogP contribution in [-0.2, 0) is 14.4 Å². The fraction of sp³-hybridized carbons (Fsp3) is 0.366. The molecule has 1 saturated heterocycles. The summed E-state index contributed by atoms with van der Waals surface area (Å²) in [5.74, 6) is 0.695. The van der Waals surface area contributed by atoms with E-state index in [1.807, 2.05) is 69.5 Å². The second-order valence-electron chi connectivity index (χ2n) is 13.8. The highest BCUT2D eigenvalue weighted by atomic mass is 32.2. The van der Waals surface area contributed by atoms with Crippen molar-refractivity contribution in [3.8, 4) is 0 Å². The van der Waals surface area contributed by atoms with Crippen LogP contribution in [0.4, 0.5) is 0 Å². The van der Waals surface area contributed by atoms with Gasteiger partial charge in [0.15, 0.2) is 0 Å². The Hall–Kier alpha value is -3.91. The molecule has 5 rings (SSSR count). The van der Waals surface area contributed by atoms with Crippen LogP contribution >= 0.6 is 11.8 Å². The first-order valence-electron chi connectivity index (χ1n) is 16.9. The number of hydroxylamine groups is 2. The Bertz CT molecular complexity index is 1550. The summed E-state index contributed by atoms with van der Waals surface area (Å²) in [5.41, 5.74) is 5.90. The van der Waals surface area contributed by atoms with E-state index in [4.69, 9.17) is 4.84 Å². The molecule has 2 atom stereocenters. The minimum atomic E-state index is -0.554. The molecule has 48 heavy (non-hydrogen) atoms. The van der Waals surface area contributed by atoms with E-state index in [2.05, 4.69) is 103 Å². The number of hydrogen-bond donors (Lipinski definition) is 0. The van der Waals surface area contributed by atoms with Crippen molar-refractivity contribution >= 4 is 24.1 Å². The quantitative estimate of drug-likeness (QED) is 0.0883. The van der Waals surface area contributed by atoms with Gasteiger partial charge in [-0.2, -0.15) is 0 Å². The van der Waals surface area contributed by atoms with Gasteiger partial charge in [-0.25, -0.2) is 5.06 Å². The van der Waals surface area contributed by atoms with Gasteiger partial charge < -0.3 is 4.90 Å². The van der Waals surface area contributed by atoms with Crippen molar-refractivity contribution in [1.82, 2.24) is 14.9 Å². The number of benzene rings is 4. The highest BCUT2D eigenvalue weighted by Gasteiger charge is 2.40. The molecule has 1 fully saturated rings. The number of amides is 2. The molecule has 1 heterocycles. The first kappa shape index (κ1) is 35.4. The van der Waals surface area contributed by atoms with Crippen molar-refractivity contribution in [3.63, 3.8) is 0 Å². The molecular formula is C41H49N3O3S. The maximum absolute atomic E-state index is 13.6. The third kappa shape index (κ3) is 8.03. The standard InChI is InChI=1S/C41H49N3O3S/c1-31-17-16-24-38(33(31)3)39(46)43-26-25-42(32(2)27-43)28-37(44(30-45)47-40(4,5)6)29-48-41(34-18-10-7-11-19-34,35-20-12-8-13-21-35)36-22-14-9-15-23-36/h7-24,30,32,37H,25-29H2,1-6H3/t32-,37+/m0/s1. The second-order valence-corrected chi connectivity index (χ2v) is 15.0. The van der Waals surface area contributed by atoms with E-state index in [-0.39, 0.29) is 18.0 Å². The molecule has 0 aliphatic carbocycles. The first-order chi connectivity index (χ1) is 23.0. The van der Waals surface area contributed by atoms with E-state index in [0.29, 0.717) is 31.9 Å². The molecule has 2 amide bonds. The van der Waals surface area contributed by atoms with Crippen LogP contribution in [-0.4, -0.2) is 76.8 Å². The Morgan fingerprint density at radius 2 is 1.40 bits per heavy atom. The van der Waals surface area contributed by atoms with Gasteiger partial charge in [0.1, 0.15) is 0 Å². The normalized spacial score (nSPS) is 16.4. The molecule has 0 spiro atoms. The molecular weight excluding hydrogens is 615 g/mol. The van der Waals surface area contributed by atoms with Gasteiger partial charge in [-0.1, -0.05) is 103 Å². The second kappa shape index (κ2) is 15.5. The van der Waals surface area contributed by atoms with E-state index in [1.165, 1.54) is 21.8 Å². The molecule has 0 bridgehead atoms. The van der Waals surface area contributed by atoms with E-state index < -0.39 is 10.3 Å². The molecule has 0 aromatic heterocycles. The molecule has 0 unspecified atom stereocenters. The fourth-order valence-electron chi connectivity index (χ4n) is 6.57. The van der Waals surface area contributed by atoms with Crippen LogP contribution in [0.2, 0.25) is 0 Å². The van der Waals surface area contributed by atoms with Crippen LogP contribution in [0.5, 0.6) is 0 Å². The fourth-order valence-corrected chi connectivity index (χ4v) is 8.17. The van der Waals surface area contributed by atoms with Crippen LogP contribution in [0.1, 0.15) is 65.9 Å². The molecule has 6 nitrogen and oxygen atoms in total. The first-order valence-corrected chi connectivity index (χ1v) is 17.8. The summed E-state index contributed by atoms with van der Waals surface area (Å²) in [4.78, 5) is 37.0. The third-order valence-corrected chi connectivity index (χ3v) is 10.9. The number of hydrogen-bond acceptors (Lipinski definition) is 5. The number of rotatable bonds is 12. The Kier molecular flexibility index (Phi) is 11.5. The maximum Gasteiger partial charge on any atom is 0.254 e. The maximum atomic E-state index is 13.6. The predicted octanol–water partition coefficient (Wildman–Crippen LogP) is 7.73. The van der Waals surface area contributed by atoms with Crippen LogP contribution in [0.3, 0.4) is 0 Å². The van der Waals surface area contributed by atoms with Gasteiger partial charge in [0.2, 0.25) is 6.41 Å². The molecule has 0 radical (unpaired) electrons. The summed E-state index contributed by atoms with van der Waals surface area (Å²) in [5, 5.41) is 1.53. The van der Waals surface area contributed by atoms with Crippen molar-refractivity contribution in [2.24, 2.45) is 0 Å². The molecule has 252 valence electrons. The van der Waals surface area contributed by atoms with Crippen LogP contribution in [0, 0.1) is 13.8 Å². The molecule has 0 saturated carbocycles. The van der Waals surface area contributed by atoms with Crippen LogP contribution in [0.15, 0.2) is 109 Å². The van der Waals surface area contributed by atoms with Gasteiger partial charge in [0.25, 0.3) is 5.91 Å². The average Bonchev–Trinajstić information content (AvgIpc) is 3.09. The Morgan fingerprint density at radius 1 is 0.854 bits per heavy atom. The molecule has 7 heteroatoms. The van der Waals surface area contributed by atoms with Crippen molar-refractivity contribution in [2.45, 2.75) is 64.0 Å². The van der Waals surface area contributed by atoms with E-state index in [9.17, 15) is 9.59 Å². The van der Waals surface area contributed by atoms with Crippen molar-refractivity contribution < 1.29 is 14.4 Å². The lowest BCUT2D eigenvalue weighted by Gasteiger charge is -2.44. The lowest BCUT2D eigenvalue weighted by atomic mass is 9.84. The number of thioether (sulfide) groups is 1. The van der Waals surface area contributed by atoms with Gasteiger partial charge in [-0.05, 0) is 75.4 Å².